The van der Waals surface area contributed by atoms with Gasteiger partial charge in [-0.3, -0.25) is 9.69 Å². The highest BCUT2D eigenvalue weighted by Crippen LogP contribution is 2.32. The van der Waals surface area contributed by atoms with Crippen LogP contribution in [0.5, 0.6) is 0 Å². The standard InChI is InChI=1S/C29H34N2O3S/c32-29(9-6-18-35(33,34)26-13-11-23-7-2-3-8-24(23)20-26)30-28-15-12-25-19-22(10-14-27(25)28)21-31-16-4-1-5-17-31/h2-3,7-8,10-11,13-14,19-20,28H,1,4-6,9,12,15-18,21H2,(H,30,32)/t28-/m1/s1. The summed E-state index contributed by atoms with van der Waals surface area (Å²) in [6.45, 7) is 3.38. The molecule has 0 bridgehead atoms. The van der Waals surface area contributed by atoms with Crippen molar-refractivity contribution in [3.63, 3.8) is 0 Å². The van der Waals surface area contributed by atoms with Gasteiger partial charge in [0.25, 0.3) is 0 Å². The van der Waals surface area contributed by atoms with E-state index < -0.39 is 9.84 Å². The molecule has 3 aromatic rings. The molecule has 5 rings (SSSR count). The Hall–Kier alpha value is -2.70. The smallest absolute Gasteiger partial charge is 0.220 e. The number of benzene rings is 3. The van der Waals surface area contributed by atoms with Gasteiger partial charge < -0.3 is 5.32 Å². The van der Waals surface area contributed by atoms with Gasteiger partial charge in [0.2, 0.25) is 5.91 Å². The van der Waals surface area contributed by atoms with Gasteiger partial charge in [0.15, 0.2) is 9.84 Å². The van der Waals surface area contributed by atoms with E-state index in [2.05, 4.69) is 28.4 Å². The van der Waals surface area contributed by atoms with Crippen LogP contribution >= 0.6 is 0 Å². The van der Waals surface area contributed by atoms with Crippen molar-refractivity contribution >= 4 is 26.5 Å². The number of hydrogen-bond acceptors (Lipinski definition) is 4. The molecule has 35 heavy (non-hydrogen) atoms. The fraction of sp³-hybridized carbons (Fsp3) is 0.414. The number of fused-ring (bicyclic) bond motifs is 2. The number of rotatable bonds is 8. The molecule has 184 valence electrons. The largest absolute Gasteiger partial charge is 0.349 e. The maximum absolute atomic E-state index is 12.8. The lowest BCUT2D eigenvalue weighted by molar-refractivity contribution is -0.121. The van der Waals surface area contributed by atoms with Gasteiger partial charge in [0.1, 0.15) is 0 Å². The minimum atomic E-state index is -3.42. The number of carbonyl (C=O) groups is 1. The van der Waals surface area contributed by atoms with Crippen molar-refractivity contribution in [2.75, 3.05) is 18.8 Å². The third kappa shape index (κ3) is 5.76. The van der Waals surface area contributed by atoms with Crippen LogP contribution in [0.4, 0.5) is 0 Å². The van der Waals surface area contributed by atoms with Crippen LogP contribution in [0.2, 0.25) is 0 Å². The molecule has 0 radical (unpaired) electrons. The highest BCUT2D eigenvalue weighted by atomic mass is 32.2. The number of piperidine rings is 1. The maximum atomic E-state index is 12.8. The quantitative estimate of drug-likeness (QED) is 0.472. The molecule has 3 aromatic carbocycles. The van der Waals surface area contributed by atoms with Gasteiger partial charge in [0.05, 0.1) is 16.7 Å². The Kier molecular flexibility index (Phi) is 7.21. The van der Waals surface area contributed by atoms with Crippen molar-refractivity contribution in [1.82, 2.24) is 10.2 Å². The van der Waals surface area contributed by atoms with Gasteiger partial charge in [-0.15, -0.1) is 0 Å². The Morgan fingerprint density at radius 3 is 2.57 bits per heavy atom. The summed E-state index contributed by atoms with van der Waals surface area (Å²) in [7, 11) is -3.42. The van der Waals surface area contributed by atoms with Crippen LogP contribution in [0.25, 0.3) is 10.8 Å². The lowest BCUT2D eigenvalue weighted by Crippen LogP contribution is -2.29. The fourth-order valence-corrected chi connectivity index (χ4v) is 6.80. The second-order valence-electron chi connectivity index (χ2n) is 9.96. The summed E-state index contributed by atoms with van der Waals surface area (Å²) in [4.78, 5) is 15.5. The molecule has 1 fully saturated rings. The summed E-state index contributed by atoms with van der Waals surface area (Å²) < 4.78 is 25.6. The highest BCUT2D eigenvalue weighted by Gasteiger charge is 2.25. The molecule has 1 heterocycles. The maximum Gasteiger partial charge on any atom is 0.220 e. The molecule has 1 N–H and O–H groups in total. The van der Waals surface area contributed by atoms with Crippen LogP contribution in [0.15, 0.2) is 65.6 Å². The molecule has 6 heteroatoms. The number of aryl methyl sites for hydroxylation is 1. The predicted molar refractivity (Wildman–Crippen MR) is 140 cm³/mol. The van der Waals surface area contributed by atoms with Crippen LogP contribution in [0, 0.1) is 0 Å². The van der Waals surface area contributed by atoms with Crippen molar-refractivity contribution in [2.24, 2.45) is 0 Å². The van der Waals surface area contributed by atoms with E-state index in [1.54, 1.807) is 12.1 Å². The molecule has 0 unspecified atom stereocenters. The second-order valence-corrected chi connectivity index (χ2v) is 12.1. The molecule has 1 amide bonds. The average Bonchev–Trinajstić information content (AvgIpc) is 3.26. The van der Waals surface area contributed by atoms with Crippen LogP contribution in [-0.4, -0.2) is 38.1 Å². The van der Waals surface area contributed by atoms with Gasteiger partial charge in [-0.2, -0.15) is 0 Å². The van der Waals surface area contributed by atoms with E-state index in [1.165, 1.54) is 49.0 Å². The normalized spacial score (nSPS) is 18.5. The van der Waals surface area contributed by atoms with Crippen molar-refractivity contribution < 1.29 is 13.2 Å². The molecular weight excluding hydrogens is 456 g/mol. The lowest BCUT2D eigenvalue weighted by atomic mass is 10.0. The second kappa shape index (κ2) is 10.5. The van der Waals surface area contributed by atoms with Crippen molar-refractivity contribution in [1.29, 1.82) is 0 Å². The Morgan fingerprint density at radius 2 is 1.74 bits per heavy atom. The van der Waals surface area contributed by atoms with E-state index in [0.717, 1.165) is 30.2 Å². The molecule has 1 aliphatic carbocycles. The SMILES string of the molecule is O=C(CCCS(=O)(=O)c1ccc2ccccc2c1)N[C@@H]1CCc2cc(CN3CCCCC3)ccc21. The fourth-order valence-electron chi connectivity index (χ4n) is 5.46. The van der Waals surface area contributed by atoms with Crippen LogP contribution in [0.1, 0.15) is 61.3 Å². The molecule has 0 saturated carbocycles. The summed E-state index contributed by atoms with van der Waals surface area (Å²) in [5.41, 5.74) is 3.91. The van der Waals surface area contributed by atoms with E-state index >= 15 is 0 Å². The van der Waals surface area contributed by atoms with Gasteiger partial charge in [-0.05, 0) is 84.8 Å². The molecular formula is C29H34N2O3S. The monoisotopic (exact) mass is 490 g/mol. The summed E-state index contributed by atoms with van der Waals surface area (Å²) in [5, 5.41) is 5.06. The van der Waals surface area contributed by atoms with Crippen LogP contribution < -0.4 is 5.32 Å². The van der Waals surface area contributed by atoms with Gasteiger partial charge in [-0.1, -0.05) is 55.0 Å². The van der Waals surface area contributed by atoms with E-state index in [0.29, 0.717) is 11.3 Å². The first-order valence-electron chi connectivity index (χ1n) is 12.8. The van der Waals surface area contributed by atoms with Crippen LogP contribution in [0.3, 0.4) is 0 Å². The summed E-state index contributed by atoms with van der Waals surface area (Å²) in [5.74, 6) is -0.103. The topological polar surface area (TPSA) is 66.5 Å². The van der Waals surface area contributed by atoms with Gasteiger partial charge in [0, 0.05) is 13.0 Å². The molecule has 1 atom stereocenters. The number of hydrogen-bond donors (Lipinski definition) is 1. The third-order valence-electron chi connectivity index (χ3n) is 7.37. The van der Waals surface area contributed by atoms with Gasteiger partial charge >= 0.3 is 0 Å². The Bertz CT molecular complexity index is 1310. The first-order chi connectivity index (χ1) is 17.0. The Labute approximate surface area is 208 Å². The molecule has 5 nitrogen and oxygen atoms in total. The first-order valence-corrected chi connectivity index (χ1v) is 14.5. The summed E-state index contributed by atoms with van der Waals surface area (Å²) in [6.07, 6.45) is 6.35. The Morgan fingerprint density at radius 1 is 0.943 bits per heavy atom. The molecule has 1 aliphatic heterocycles. The van der Waals surface area contributed by atoms with E-state index in [9.17, 15) is 13.2 Å². The van der Waals surface area contributed by atoms with E-state index in [4.69, 9.17) is 0 Å². The van der Waals surface area contributed by atoms with E-state index in [1.807, 2.05) is 30.3 Å². The molecule has 1 saturated heterocycles. The zero-order valence-electron chi connectivity index (χ0n) is 20.2. The van der Waals surface area contributed by atoms with Crippen LogP contribution in [-0.2, 0) is 27.6 Å². The average molecular weight is 491 g/mol. The minimum Gasteiger partial charge on any atom is -0.349 e. The number of nitrogens with zero attached hydrogens (tertiary/aromatic N) is 1. The molecule has 2 aliphatic rings. The van der Waals surface area contributed by atoms with Crippen molar-refractivity contribution in [2.45, 2.75) is 62.4 Å². The number of carbonyl (C=O) groups excluding carboxylic acids is 1. The summed E-state index contributed by atoms with van der Waals surface area (Å²) in [6, 6.07) is 19.7. The zero-order valence-corrected chi connectivity index (χ0v) is 21.0. The van der Waals surface area contributed by atoms with Crippen molar-refractivity contribution in [3.8, 4) is 0 Å². The molecule has 0 spiro atoms. The Balaban J connectivity index is 1.13. The number of nitrogens with one attached hydrogen (secondary N) is 1. The minimum absolute atomic E-state index is 0.0265. The van der Waals surface area contributed by atoms with Crippen molar-refractivity contribution in [3.05, 3.63) is 77.4 Å². The van der Waals surface area contributed by atoms with Gasteiger partial charge in [-0.25, -0.2) is 8.42 Å². The molecule has 0 aromatic heterocycles. The third-order valence-corrected chi connectivity index (χ3v) is 9.17. The predicted octanol–water partition coefficient (Wildman–Crippen LogP) is 5.18. The highest BCUT2D eigenvalue weighted by molar-refractivity contribution is 7.91. The number of sulfone groups is 1. The lowest BCUT2D eigenvalue weighted by Gasteiger charge is -2.26. The first kappa shape index (κ1) is 24.0. The summed E-state index contributed by atoms with van der Waals surface area (Å²) >= 11 is 0. The van der Waals surface area contributed by atoms with E-state index in [-0.39, 0.29) is 24.1 Å². The zero-order chi connectivity index (χ0) is 24.3. The number of likely N-dealkylation sites (tertiary alicyclic amines) is 1. The number of amides is 1.